The Hall–Kier alpha value is -1.46. The summed E-state index contributed by atoms with van der Waals surface area (Å²) in [5.74, 6) is -0.726. The van der Waals surface area contributed by atoms with Crippen LogP contribution in [-0.4, -0.2) is 30.8 Å². The number of aliphatic hydroxyl groups is 1. The smallest absolute Gasteiger partial charge is 0.223 e. The standard InChI is InChI=1S/C13H18FNO3/c1-9(8-18-2)15-13(17)7-12(16)10-4-3-5-11(14)6-10/h3-6,9,12,16H,7-8H2,1-2H3,(H,15,17). The number of carbonyl (C=O) groups excluding carboxylic acids is 1. The first-order valence-corrected chi connectivity index (χ1v) is 5.74. The van der Waals surface area contributed by atoms with Gasteiger partial charge in [0.05, 0.1) is 19.1 Å². The Kier molecular flexibility index (Phi) is 5.74. The highest BCUT2D eigenvalue weighted by Crippen LogP contribution is 2.17. The Labute approximate surface area is 106 Å². The van der Waals surface area contributed by atoms with E-state index in [1.54, 1.807) is 20.1 Å². The normalized spacial score (nSPS) is 14.0. The monoisotopic (exact) mass is 255 g/mol. The summed E-state index contributed by atoms with van der Waals surface area (Å²) in [6, 6.07) is 5.47. The molecule has 5 heteroatoms. The zero-order chi connectivity index (χ0) is 13.5. The van der Waals surface area contributed by atoms with E-state index in [9.17, 15) is 14.3 Å². The van der Waals surface area contributed by atoms with Gasteiger partial charge in [0, 0.05) is 13.2 Å². The molecule has 4 nitrogen and oxygen atoms in total. The maximum atomic E-state index is 12.9. The van der Waals surface area contributed by atoms with Crippen LogP contribution in [0.4, 0.5) is 4.39 Å². The van der Waals surface area contributed by atoms with Gasteiger partial charge in [-0.1, -0.05) is 12.1 Å². The first kappa shape index (κ1) is 14.6. The summed E-state index contributed by atoms with van der Waals surface area (Å²) in [4.78, 5) is 11.6. The number of hydrogen-bond acceptors (Lipinski definition) is 3. The van der Waals surface area contributed by atoms with Crippen molar-refractivity contribution in [2.45, 2.75) is 25.5 Å². The highest BCUT2D eigenvalue weighted by atomic mass is 19.1. The molecule has 1 amide bonds. The molecule has 100 valence electrons. The topological polar surface area (TPSA) is 58.6 Å². The summed E-state index contributed by atoms with van der Waals surface area (Å²) in [7, 11) is 1.55. The Morgan fingerprint density at radius 2 is 2.28 bits per heavy atom. The number of amides is 1. The molecule has 0 saturated carbocycles. The molecule has 0 aliphatic rings. The van der Waals surface area contributed by atoms with Crippen LogP contribution >= 0.6 is 0 Å². The second-order valence-corrected chi connectivity index (χ2v) is 4.20. The third-order valence-corrected chi connectivity index (χ3v) is 2.44. The van der Waals surface area contributed by atoms with E-state index in [4.69, 9.17) is 4.74 Å². The molecule has 1 rings (SSSR count). The molecule has 0 aliphatic carbocycles. The van der Waals surface area contributed by atoms with Crippen LogP contribution in [0, 0.1) is 5.82 Å². The third kappa shape index (κ3) is 4.81. The van der Waals surface area contributed by atoms with Gasteiger partial charge in [0.25, 0.3) is 0 Å². The van der Waals surface area contributed by atoms with Gasteiger partial charge in [-0.25, -0.2) is 4.39 Å². The first-order valence-electron chi connectivity index (χ1n) is 5.74. The molecule has 0 aromatic heterocycles. The number of methoxy groups -OCH3 is 1. The van der Waals surface area contributed by atoms with E-state index in [2.05, 4.69) is 5.32 Å². The molecule has 2 unspecified atom stereocenters. The second kappa shape index (κ2) is 7.08. The molecular weight excluding hydrogens is 237 g/mol. The molecule has 2 N–H and O–H groups in total. The lowest BCUT2D eigenvalue weighted by Crippen LogP contribution is -2.36. The molecule has 0 saturated heterocycles. The highest BCUT2D eigenvalue weighted by Gasteiger charge is 2.15. The van der Waals surface area contributed by atoms with Gasteiger partial charge in [0.15, 0.2) is 0 Å². The Balaban J connectivity index is 2.49. The van der Waals surface area contributed by atoms with Gasteiger partial charge < -0.3 is 15.2 Å². The molecular formula is C13H18FNO3. The molecule has 0 fully saturated rings. The van der Waals surface area contributed by atoms with E-state index in [1.165, 1.54) is 18.2 Å². The van der Waals surface area contributed by atoms with Crippen molar-refractivity contribution < 1.29 is 19.0 Å². The van der Waals surface area contributed by atoms with Crippen LogP contribution in [0.3, 0.4) is 0 Å². The number of hydrogen-bond donors (Lipinski definition) is 2. The van der Waals surface area contributed by atoms with Gasteiger partial charge in [-0.2, -0.15) is 0 Å². The van der Waals surface area contributed by atoms with Crippen LogP contribution in [0.5, 0.6) is 0 Å². The van der Waals surface area contributed by atoms with Crippen LogP contribution in [0.1, 0.15) is 25.0 Å². The number of ether oxygens (including phenoxy) is 1. The summed E-state index contributed by atoms with van der Waals surface area (Å²) >= 11 is 0. The van der Waals surface area contributed by atoms with Gasteiger partial charge in [0.1, 0.15) is 5.82 Å². The number of nitrogens with one attached hydrogen (secondary N) is 1. The lowest BCUT2D eigenvalue weighted by atomic mass is 10.1. The van der Waals surface area contributed by atoms with Crippen molar-refractivity contribution in [1.82, 2.24) is 5.32 Å². The fourth-order valence-corrected chi connectivity index (χ4v) is 1.63. The quantitative estimate of drug-likeness (QED) is 0.807. The van der Waals surface area contributed by atoms with Crippen LogP contribution in [0.2, 0.25) is 0 Å². The Morgan fingerprint density at radius 1 is 1.56 bits per heavy atom. The van der Waals surface area contributed by atoms with E-state index in [1.807, 2.05) is 0 Å². The summed E-state index contributed by atoms with van der Waals surface area (Å²) in [5.41, 5.74) is 0.393. The van der Waals surface area contributed by atoms with Gasteiger partial charge >= 0.3 is 0 Å². The predicted octanol–water partition coefficient (Wildman–Crippen LogP) is 1.40. The Morgan fingerprint density at radius 3 is 2.89 bits per heavy atom. The van der Waals surface area contributed by atoms with Gasteiger partial charge in [-0.05, 0) is 24.6 Å². The van der Waals surface area contributed by atoms with Crippen molar-refractivity contribution in [3.63, 3.8) is 0 Å². The molecule has 1 aromatic rings. The van der Waals surface area contributed by atoms with Crippen molar-refractivity contribution in [2.75, 3.05) is 13.7 Å². The lowest BCUT2D eigenvalue weighted by molar-refractivity contribution is -0.124. The minimum atomic E-state index is -1.00. The van der Waals surface area contributed by atoms with Crippen molar-refractivity contribution in [3.8, 4) is 0 Å². The number of rotatable bonds is 6. The van der Waals surface area contributed by atoms with Crippen LogP contribution in [0.25, 0.3) is 0 Å². The molecule has 1 aromatic carbocycles. The van der Waals surface area contributed by atoms with Crippen molar-refractivity contribution in [3.05, 3.63) is 35.6 Å². The summed E-state index contributed by atoms with van der Waals surface area (Å²) in [6.45, 7) is 2.21. The summed E-state index contributed by atoms with van der Waals surface area (Å²) in [5, 5.41) is 12.5. The molecule has 0 aliphatic heterocycles. The zero-order valence-corrected chi connectivity index (χ0v) is 10.5. The third-order valence-electron chi connectivity index (χ3n) is 2.44. The lowest BCUT2D eigenvalue weighted by Gasteiger charge is -2.15. The molecule has 2 atom stereocenters. The van der Waals surface area contributed by atoms with E-state index in [0.29, 0.717) is 12.2 Å². The largest absolute Gasteiger partial charge is 0.388 e. The average molecular weight is 255 g/mol. The molecule has 0 radical (unpaired) electrons. The SMILES string of the molecule is COCC(C)NC(=O)CC(O)c1cccc(F)c1. The first-order chi connectivity index (χ1) is 8.52. The van der Waals surface area contributed by atoms with Crippen molar-refractivity contribution in [2.24, 2.45) is 0 Å². The second-order valence-electron chi connectivity index (χ2n) is 4.20. The maximum Gasteiger partial charge on any atom is 0.223 e. The average Bonchev–Trinajstić information content (AvgIpc) is 2.28. The zero-order valence-electron chi connectivity index (χ0n) is 10.5. The van der Waals surface area contributed by atoms with Crippen LogP contribution in [-0.2, 0) is 9.53 Å². The van der Waals surface area contributed by atoms with E-state index in [-0.39, 0.29) is 18.4 Å². The Bertz CT molecular complexity index is 398. The fraction of sp³-hybridized carbons (Fsp3) is 0.462. The highest BCUT2D eigenvalue weighted by molar-refractivity contribution is 5.76. The predicted molar refractivity (Wildman–Crippen MR) is 65.5 cm³/mol. The number of carbonyl (C=O) groups is 1. The molecule has 18 heavy (non-hydrogen) atoms. The van der Waals surface area contributed by atoms with E-state index >= 15 is 0 Å². The number of aliphatic hydroxyl groups excluding tert-OH is 1. The minimum Gasteiger partial charge on any atom is -0.388 e. The van der Waals surface area contributed by atoms with E-state index < -0.39 is 11.9 Å². The fourth-order valence-electron chi connectivity index (χ4n) is 1.63. The number of halogens is 1. The minimum absolute atomic E-state index is 0.0997. The van der Waals surface area contributed by atoms with E-state index in [0.717, 1.165) is 0 Å². The van der Waals surface area contributed by atoms with Gasteiger partial charge in [-0.15, -0.1) is 0 Å². The molecule has 0 heterocycles. The van der Waals surface area contributed by atoms with Crippen LogP contribution < -0.4 is 5.32 Å². The van der Waals surface area contributed by atoms with Gasteiger partial charge in [-0.3, -0.25) is 4.79 Å². The van der Waals surface area contributed by atoms with Gasteiger partial charge in [0.2, 0.25) is 5.91 Å². The van der Waals surface area contributed by atoms with Crippen molar-refractivity contribution in [1.29, 1.82) is 0 Å². The van der Waals surface area contributed by atoms with Crippen molar-refractivity contribution >= 4 is 5.91 Å². The molecule has 0 spiro atoms. The molecule has 0 bridgehead atoms. The maximum absolute atomic E-state index is 12.9. The summed E-state index contributed by atoms with van der Waals surface area (Å²) < 4.78 is 17.8. The number of benzene rings is 1. The van der Waals surface area contributed by atoms with Crippen LogP contribution in [0.15, 0.2) is 24.3 Å². The summed E-state index contributed by atoms with van der Waals surface area (Å²) in [6.07, 6.45) is -1.10.